The fourth-order valence-corrected chi connectivity index (χ4v) is 6.21. The Hall–Kier alpha value is -4.16. The van der Waals surface area contributed by atoms with Crippen LogP contribution in [0.4, 0.5) is 0 Å². The number of fused-ring (bicyclic) bond motifs is 2. The molecule has 5 rings (SSSR count). The van der Waals surface area contributed by atoms with Gasteiger partial charge in [-0.3, -0.25) is 25.7 Å². The summed E-state index contributed by atoms with van der Waals surface area (Å²) in [5, 5.41) is 19.3. The highest BCUT2D eigenvalue weighted by atomic mass is 32.2. The minimum absolute atomic E-state index is 0.0838. The number of ether oxygens (including phenoxy) is 1. The maximum atomic E-state index is 13.4. The predicted octanol–water partition coefficient (Wildman–Crippen LogP) is 4.21. The molecule has 41 heavy (non-hydrogen) atoms. The van der Waals surface area contributed by atoms with Crippen LogP contribution in [-0.2, 0) is 22.7 Å². The molecule has 2 aromatic carbocycles. The number of methoxy groups -OCH3 is 1. The van der Waals surface area contributed by atoms with Gasteiger partial charge in [-0.15, -0.1) is 0 Å². The third kappa shape index (κ3) is 5.84. The summed E-state index contributed by atoms with van der Waals surface area (Å²) in [6.07, 6.45) is 5.42. The van der Waals surface area contributed by atoms with E-state index in [1.807, 2.05) is 54.9 Å². The van der Waals surface area contributed by atoms with Crippen molar-refractivity contribution in [2.24, 2.45) is 11.5 Å². The minimum Gasteiger partial charge on any atom is -0.497 e. The lowest BCUT2D eigenvalue weighted by Gasteiger charge is -2.06. The number of para-hydroxylation sites is 1. The summed E-state index contributed by atoms with van der Waals surface area (Å²) in [7, 11) is 1.59. The predicted molar refractivity (Wildman–Crippen MR) is 168 cm³/mol. The van der Waals surface area contributed by atoms with Crippen LogP contribution in [0.15, 0.2) is 54.9 Å². The zero-order valence-electron chi connectivity index (χ0n) is 22.5. The van der Waals surface area contributed by atoms with E-state index in [2.05, 4.69) is 14.5 Å². The highest BCUT2D eigenvalue weighted by molar-refractivity contribution is 8.13. The molecule has 2 amide bonds. The molecule has 0 aliphatic carbocycles. The number of nitrogens with two attached hydrogens (primary N) is 2. The quantitative estimate of drug-likeness (QED) is 0.0757. The van der Waals surface area contributed by atoms with E-state index < -0.39 is 11.8 Å². The highest BCUT2D eigenvalue weighted by Gasteiger charge is 2.35. The summed E-state index contributed by atoms with van der Waals surface area (Å²) in [6, 6.07) is 13.6. The van der Waals surface area contributed by atoms with E-state index in [9.17, 15) is 9.59 Å². The van der Waals surface area contributed by atoms with Crippen LogP contribution < -0.4 is 21.5 Å². The number of amidine groups is 2. The fourth-order valence-electron chi connectivity index (χ4n) is 5.22. The largest absolute Gasteiger partial charge is 0.497 e. The number of hydrogen-bond donors (Lipinski definition) is 5. The van der Waals surface area contributed by atoms with Crippen molar-refractivity contribution in [1.82, 2.24) is 14.5 Å². The van der Waals surface area contributed by atoms with Crippen LogP contribution >= 0.6 is 23.5 Å². The Morgan fingerprint density at radius 3 is 1.93 bits per heavy atom. The molecule has 12 heteroatoms. The van der Waals surface area contributed by atoms with Crippen molar-refractivity contribution in [3.05, 3.63) is 66.0 Å². The van der Waals surface area contributed by atoms with Crippen LogP contribution in [0.5, 0.6) is 5.75 Å². The van der Waals surface area contributed by atoms with Crippen LogP contribution in [-0.4, -0.2) is 49.9 Å². The van der Waals surface area contributed by atoms with Crippen LogP contribution in [0.1, 0.15) is 24.0 Å². The van der Waals surface area contributed by atoms with Gasteiger partial charge in [0.05, 0.1) is 18.3 Å². The number of carbonyl (C=O) groups is 2. The third-order valence-corrected chi connectivity index (χ3v) is 8.56. The van der Waals surface area contributed by atoms with Gasteiger partial charge < -0.3 is 25.3 Å². The molecule has 0 atom stereocenters. The van der Waals surface area contributed by atoms with Crippen molar-refractivity contribution in [3.8, 4) is 5.75 Å². The first kappa shape index (κ1) is 28.4. The topological polar surface area (TPSA) is 165 Å². The van der Waals surface area contributed by atoms with Crippen molar-refractivity contribution < 1.29 is 14.3 Å². The van der Waals surface area contributed by atoms with Crippen LogP contribution in [0.2, 0.25) is 0 Å². The second kappa shape index (κ2) is 12.1. The summed E-state index contributed by atoms with van der Waals surface area (Å²) < 4.78 is 9.66. The van der Waals surface area contributed by atoms with Crippen molar-refractivity contribution in [2.45, 2.75) is 25.9 Å². The number of aromatic nitrogens is 2. The number of hydrogen-bond acceptors (Lipinski definition) is 7. The molecule has 0 bridgehead atoms. The maximum absolute atomic E-state index is 13.4. The van der Waals surface area contributed by atoms with Gasteiger partial charge in [-0.25, -0.2) is 0 Å². The number of amides is 2. The number of nitrogens with one attached hydrogen (secondary N) is 3. The zero-order valence-corrected chi connectivity index (χ0v) is 24.2. The van der Waals surface area contributed by atoms with Gasteiger partial charge in [-0.1, -0.05) is 41.7 Å². The summed E-state index contributed by atoms with van der Waals surface area (Å²) >= 11 is 2.59. The molecule has 212 valence electrons. The van der Waals surface area contributed by atoms with Gasteiger partial charge >= 0.3 is 0 Å². The SMILES string of the molecule is COc1ccc2c(c1)c(C1=C(c3cn(CCCSC(=N)N)c4ccccc34)C(=O)NC1=O)cn2CCCSC(=N)N. The lowest BCUT2D eigenvalue weighted by molar-refractivity contribution is -0.122. The first-order valence-electron chi connectivity index (χ1n) is 13.1. The van der Waals surface area contributed by atoms with Gasteiger partial charge in [0.15, 0.2) is 10.3 Å². The molecule has 0 spiro atoms. The molecule has 0 fully saturated rings. The van der Waals surface area contributed by atoms with Crippen molar-refractivity contribution >= 4 is 78.6 Å². The average Bonchev–Trinajstić information content (AvgIpc) is 3.58. The molecule has 0 unspecified atom stereocenters. The van der Waals surface area contributed by atoms with Gasteiger partial charge in [0.25, 0.3) is 11.8 Å². The molecule has 0 saturated heterocycles. The maximum Gasteiger partial charge on any atom is 0.259 e. The number of imide groups is 1. The number of thioether (sulfide) groups is 2. The highest BCUT2D eigenvalue weighted by Crippen LogP contribution is 2.40. The molecule has 7 N–H and O–H groups in total. The molecule has 1 aliphatic heterocycles. The van der Waals surface area contributed by atoms with Gasteiger partial charge in [-0.2, -0.15) is 0 Å². The van der Waals surface area contributed by atoms with Crippen LogP contribution in [0.3, 0.4) is 0 Å². The normalized spacial score (nSPS) is 13.4. The van der Waals surface area contributed by atoms with E-state index >= 15 is 0 Å². The zero-order chi connectivity index (χ0) is 29.1. The number of benzene rings is 2. The summed E-state index contributed by atoms with van der Waals surface area (Å²) in [5.74, 6) is 1.18. The Kier molecular flexibility index (Phi) is 8.41. The van der Waals surface area contributed by atoms with Gasteiger partial charge in [0, 0.05) is 69.9 Å². The first-order valence-corrected chi connectivity index (χ1v) is 15.0. The van der Waals surface area contributed by atoms with Gasteiger partial charge in [0.2, 0.25) is 0 Å². The number of carbonyl (C=O) groups excluding carboxylic acids is 2. The van der Waals surface area contributed by atoms with E-state index in [0.717, 1.165) is 34.6 Å². The van der Waals surface area contributed by atoms with Crippen molar-refractivity contribution in [1.29, 1.82) is 10.8 Å². The number of nitrogens with zero attached hydrogens (tertiary/aromatic N) is 2. The lowest BCUT2D eigenvalue weighted by atomic mass is 9.95. The van der Waals surface area contributed by atoms with Crippen LogP contribution in [0.25, 0.3) is 33.0 Å². The molecule has 4 aromatic rings. The Morgan fingerprint density at radius 1 is 0.829 bits per heavy atom. The molecule has 0 saturated carbocycles. The Labute approximate surface area is 245 Å². The smallest absolute Gasteiger partial charge is 0.259 e. The van der Waals surface area contributed by atoms with E-state index in [4.69, 9.17) is 27.0 Å². The van der Waals surface area contributed by atoms with E-state index in [1.54, 1.807) is 7.11 Å². The Balaban J connectivity index is 1.63. The van der Waals surface area contributed by atoms with Gasteiger partial charge in [-0.05, 0) is 37.1 Å². The fraction of sp³-hybridized carbons (Fsp3) is 0.241. The minimum atomic E-state index is -0.436. The third-order valence-electron chi connectivity index (χ3n) is 6.95. The Bertz CT molecular complexity index is 1720. The summed E-state index contributed by atoms with van der Waals surface area (Å²) in [6.45, 7) is 1.33. The van der Waals surface area contributed by atoms with Gasteiger partial charge in [0.1, 0.15) is 5.75 Å². The van der Waals surface area contributed by atoms with Crippen molar-refractivity contribution in [2.75, 3.05) is 18.6 Å². The molecule has 0 radical (unpaired) electrons. The first-order chi connectivity index (χ1) is 19.8. The Morgan fingerprint density at radius 2 is 1.37 bits per heavy atom. The lowest BCUT2D eigenvalue weighted by Crippen LogP contribution is -2.22. The number of aryl methyl sites for hydroxylation is 2. The molecule has 2 aromatic heterocycles. The van der Waals surface area contributed by atoms with E-state index in [1.165, 1.54) is 23.5 Å². The summed E-state index contributed by atoms with van der Waals surface area (Å²) in [5.41, 5.74) is 14.9. The second-order valence-corrected chi connectivity index (χ2v) is 11.8. The molecule has 10 nitrogen and oxygen atoms in total. The molecular weight excluding hydrogens is 558 g/mol. The average molecular weight is 590 g/mol. The second-order valence-electron chi connectivity index (χ2n) is 9.54. The van der Waals surface area contributed by atoms with E-state index in [-0.39, 0.29) is 10.3 Å². The summed E-state index contributed by atoms with van der Waals surface area (Å²) in [4.78, 5) is 26.8. The molecular formula is C29H31N7O3S2. The number of rotatable bonds is 11. The standard InChI is InChI=1S/C29H31N7O3S2/c1-39-17-8-9-23-19(14-17)21(16-36(23)11-5-13-41-29(32)33)25-24(26(37)34-27(25)38)20-15-35(10-4-12-40-28(30)31)22-7-3-2-6-18(20)22/h2-3,6-9,14-16H,4-5,10-13H2,1H3,(H3,30,31)(H3,32,33)(H,34,37,38). The molecule has 1 aliphatic rings. The van der Waals surface area contributed by atoms with Crippen LogP contribution in [0, 0.1) is 10.8 Å². The van der Waals surface area contributed by atoms with E-state index in [0.29, 0.717) is 52.6 Å². The molecule has 3 heterocycles. The monoisotopic (exact) mass is 589 g/mol. The van der Waals surface area contributed by atoms with Crippen molar-refractivity contribution in [3.63, 3.8) is 0 Å².